The summed E-state index contributed by atoms with van der Waals surface area (Å²) in [6.07, 6.45) is 2.31. The number of aromatic hydroxyl groups is 1. The Kier molecular flexibility index (Phi) is 8.26. The van der Waals surface area contributed by atoms with Crippen LogP contribution in [0.2, 0.25) is 0 Å². The van der Waals surface area contributed by atoms with E-state index in [2.05, 4.69) is 0 Å². The molecule has 0 aliphatic carbocycles. The van der Waals surface area contributed by atoms with E-state index >= 15 is 0 Å². The molecule has 2 atom stereocenters. The fraction of sp³-hybridized carbons (Fsp3) is 0.609. The molecule has 0 saturated heterocycles. The lowest BCUT2D eigenvalue weighted by atomic mass is 9.79. The van der Waals surface area contributed by atoms with E-state index in [9.17, 15) is 18.9 Å². The molecule has 0 amide bonds. The molecule has 1 N–H and O–H groups in total. The molecule has 1 aromatic rings. The van der Waals surface area contributed by atoms with Gasteiger partial charge < -0.3 is 9.63 Å². The number of phenols is 1. The highest BCUT2D eigenvalue weighted by Gasteiger charge is 2.40. The topological polar surface area (TPSA) is 72.8 Å². The average Bonchev–Trinajstić information content (AvgIpc) is 2.58. The van der Waals surface area contributed by atoms with Crippen molar-refractivity contribution in [2.75, 3.05) is 12.8 Å². The molecule has 0 fully saturated rings. The summed E-state index contributed by atoms with van der Waals surface area (Å²) in [5.41, 5.74) is 1.58. The quantitative estimate of drug-likeness (QED) is 0.366. The Morgan fingerprint density at radius 2 is 1.67 bits per heavy atom. The van der Waals surface area contributed by atoms with Gasteiger partial charge in [0.2, 0.25) is 5.78 Å². The van der Waals surface area contributed by atoms with Gasteiger partial charge in [0.15, 0.2) is 0 Å². The van der Waals surface area contributed by atoms with Gasteiger partial charge in [-0.15, -0.1) is 0 Å². The van der Waals surface area contributed by atoms with Gasteiger partial charge in [-0.3, -0.25) is 13.9 Å². The first-order valence-electron chi connectivity index (χ1n) is 10.2. The van der Waals surface area contributed by atoms with Gasteiger partial charge in [0.25, 0.3) is 5.85 Å². The zero-order valence-electron chi connectivity index (χ0n) is 19.6. The molecule has 7 heteroatoms. The minimum absolute atomic E-state index is 0.0366. The lowest BCUT2D eigenvalue weighted by molar-refractivity contribution is -0.144. The zero-order valence-corrected chi connectivity index (χ0v) is 20.5. The number of alkyl halides is 1. The highest BCUT2D eigenvalue weighted by molar-refractivity contribution is 7.53. The van der Waals surface area contributed by atoms with E-state index in [1.807, 2.05) is 47.6 Å². The first-order chi connectivity index (χ1) is 13.5. The van der Waals surface area contributed by atoms with Crippen molar-refractivity contribution in [2.24, 2.45) is 0 Å². The maximum Gasteiger partial charge on any atom is 0.333 e. The van der Waals surface area contributed by atoms with Crippen LogP contribution in [0.15, 0.2) is 18.2 Å². The summed E-state index contributed by atoms with van der Waals surface area (Å²) in [5.74, 6) is -3.80. The average molecular weight is 443 g/mol. The van der Waals surface area contributed by atoms with E-state index in [1.54, 1.807) is 13.0 Å². The number of carbonyl (C=O) groups is 1. The summed E-state index contributed by atoms with van der Waals surface area (Å²) in [6, 6.07) is 3.73. The second-order valence-electron chi connectivity index (χ2n) is 9.51. The fourth-order valence-electron chi connectivity index (χ4n) is 2.79. The van der Waals surface area contributed by atoms with Crippen LogP contribution in [0.1, 0.15) is 79.0 Å². The molecule has 170 valence electrons. The van der Waals surface area contributed by atoms with Gasteiger partial charge >= 0.3 is 7.60 Å². The molecule has 0 aliphatic heterocycles. The van der Waals surface area contributed by atoms with Crippen molar-refractivity contribution in [1.82, 2.24) is 0 Å². The van der Waals surface area contributed by atoms with Gasteiger partial charge in [-0.25, -0.2) is 4.39 Å². The standard InChI is InChI=1S/C23H36FO5P/c1-10-28-30(27,11-2)29-23(9,24)19(25)13-12-16-14-17(21(3,4)5)15-18(20(16)26)22(6,7)8/h12-15,26H,10-11H2,1-9H3. The fourth-order valence-corrected chi connectivity index (χ4v) is 4.16. The molecule has 0 heterocycles. The second kappa shape index (κ2) is 9.33. The second-order valence-corrected chi connectivity index (χ2v) is 11.8. The largest absolute Gasteiger partial charge is 0.507 e. The van der Waals surface area contributed by atoms with Gasteiger partial charge in [-0.2, -0.15) is 0 Å². The van der Waals surface area contributed by atoms with Crippen molar-refractivity contribution in [3.63, 3.8) is 0 Å². The van der Waals surface area contributed by atoms with E-state index in [0.29, 0.717) is 5.56 Å². The van der Waals surface area contributed by atoms with Crippen LogP contribution in [0.4, 0.5) is 4.39 Å². The molecule has 30 heavy (non-hydrogen) atoms. The maximum atomic E-state index is 14.9. The van der Waals surface area contributed by atoms with Crippen LogP contribution in [0, 0.1) is 0 Å². The van der Waals surface area contributed by atoms with Crippen molar-refractivity contribution in [3.05, 3.63) is 34.9 Å². The molecule has 0 aromatic heterocycles. The van der Waals surface area contributed by atoms with E-state index < -0.39 is 19.2 Å². The SMILES string of the molecule is CCOP(=O)(CC)OC(C)(F)C(=O)C=Cc1cc(C(C)(C)C)cc(C(C)(C)C)c1O. The lowest BCUT2D eigenvalue weighted by Gasteiger charge is -2.27. The Labute approximate surface area is 180 Å². The normalized spacial score (nSPS) is 17.0. The third kappa shape index (κ3) is 6.76. The predicted molar refractivity (Wildman–Crippen MR) is 120 cm³/mol. The molecule has 5 nitrogen and oxygen atoms in total. The van der Waals surface area contributed by atoms with Crippen LogP contribution in [0.25, 0.3) is 6.08 Å². The zero-order chi connectivity index (χ0) is 23.5. The number of carbonyl (C=O) groups excluding carboxylic acids is 1. The Hall–Kier alpha value is -1.49. The van der Waals surface area contributed by atoms with Gasteiger partial charge in [0, 0.05) is 24.2 Å². The molecule has 1 rings (SSSR count). The molecule has 0 aliphatic rings. The number of hydrogen-bond acceptors (Lipinski definition) is 5. The molecule has 0 saturated carbocycles. The Balaban J connectivity index is 3.34. The Morgan fingerprint density at radius 1 is 1.10 bits per heavy atom. The summed E-state index contributed by atoms with van der Waals surface area (Å²) in [7, 11) is -3.72. The monoisotopic (exact) mass is 442 g/mol. The number of hydrogen-bond donors (Lipinski definition) is 1. The molecule has 0 bridgehead atoms. The first kappa shape index (κ1) is 26.5. The molecule has 1 aromatic carbocycles. The van der Waals surface area contributed by atoms with Crippen LogP contribution >= 0.6 is 7.60 Å². The van der Waals surface area contributed by atoms with Crippen LogP contribution < -0.4 is 0 Å². The number of rotatable bonds is 8. The van der Waals surface area contributed by atoms with Crippen LogP contribution in [0.3, 0.4) is 0 Å². The molecule has 2 unspecified atom stereocenters. The Bertz CT molecular complexity index is 844. The van der Waals surface area contributed by atoms with Gasteiger partial charge in [0.1, 0.15) is 5.75 Å². The number of halogens is 1. The smallest absolute Gasteiger partial charge is 0.333 e. The highest BCUT2D eigenvalue weighted by atomic mass is 31.2. The highest BCUT2D eigenvalue weighted by Crippen LogP contribution is 2.51. The van der Waals surface area contributed by atoms with E-state index in [-0.39, 0.29) is 29.3 Å². The summed E-state index contributed by atoms with van der Waals surface area (Å²) in [4.78, 5) is 12.5. The van der Waals surface area contributed by atoms with Crippen LogP contribution in [-0.4, -0.2) is 29.5 Å². The van der Waals surface area contributed by atoms with Gasteiger partial charge in [-0.05, 0) is 41.5 Å². The van der Waals surface area contributed by atoms with Crippen molar-refractivity contribution >= 4 is 19.5 Å². The van der Waals surface area contributed by atoms with Crippen molar-refractivity contribution in [2.45, 2.75) is 79.0 Å². The number of ketones is 1. The third-order valence-corrected chi connectivity index (χ3v) is 6.74. The molecular formula is C23H36FO5P. The summed E-state index contributed by atoms with van der Waals surface area (Å²) >= 11 is 0. The van der Waals surface area contributed by atoms with Crippen molar-refractivity contribution < 1.29 is 27.9 Å². The number of phenolic OH excluding ortho intramolecular Hbond substituents is 1. The van der Waals surface area contributed by atoms with Crippen LogP contribution in [0.5, 0.6) is 5.75 Å². The predicted octanol–water partition coefficient (Wildman–Crippen LogP) is 6.52. The summed E-state index contributed by atoms with van der Waals surface area (Å²) in [5, 5.41) is 10.8. The summed E-state index contributed by atoms with van der Waals surface area (Å²) < 4.78 is 37.3. The molecular weight excluding hydrogens is 406 g/mol. The van der Waals surface area contributed by atoms with E-state index in [0.717, 1.165) is 24.1 Å². The Morgan fingerprint density at radius 3 is 2.10 bits per heavy atom. The maximum absolute atomic E-state index is 14.9. The number of benzene rings is 1. The van der Waals surface area contributed by atoms with Crippen molar-refractivity contribution in [3.8, 4) is 5.75 Å². The van der Waals surface area contributed by atoms with Gasteiger partial charge in [-0.1, -0.05) is 54.5 Å². The first-order valence-corrected chi connectivity index (χ1v) is 11.9. The van der Waals surface area contributed by atoms with Gasteiger partial charge in [0.05, 0.1) is 6.61 Å². The van der Waals surface area contributed by atoms with Crippen molar-refractivity contribution in [1.29, 1.82) is 0 Å². The minimum Gasteiger partial charge on any atom is -0.507 e. The van der Waals surface area contributed by atoms with E-state index in [4.69, 9.17) is 9.05 Å². The molecule has 0 radical (unpaired) electrons. The summed E-state index contributed by atoms with van der Waals surface area (Å²) in [6.45, 7) is 16.2. The lowest BCUT2D eigenvalue weighted by Crippen LogP contribution is -2.31. The third-order valence-electron chi connectivity index (χ3n) is 4.69. The minimum atomic E-state index is -3.72. The van der Waals surface area contributed by atoms with Crippen LogP contribution in [-0.2, 0) is 29.2 Å². The molecule has 0 spiro atoms. The van der Waals surface area contributed by atoms with E-state index in [1.165, 1.54) is 13.0 Å².